The molecule has 12 nitrogen and oxygen atoms in total. The summed E-state index contributed by atoms with van der Waals surface area (Å²) in [6.45, 7) is 5.54. The number of nitrogens with zero attached hydrogens (tertiary/aromatic N) is 7. The molecule has 1 saturated heterocycles. The molecule has 0 bridgehead atoms. The highest BCUT2D eigenvalue weighted by Gasteiger charge is 2.23. The number of hydrogen-bond acceptors (Lipinski definition) is 12. The van der Waals surface area contributed by atoms with Crippen LogP contribution in [0.15, 0.2) is 33.7 Å². The number of fused-ring (bicyclic) bond motifs is 2. The fraction of sp³-hybridized carbons (Fsp3) is 0.417. The van der Waals surface area contributed by atoms with E-state index in [1.165, 1.54) is 6.20 Å². The Labute approximate surface area is 207 Å². The van der Waals surface area contributed by atoms with Gasteiger partial charge in [0.05, 0.1) is 11.2 Å². The molecule has 0 saturated carbocycles. The number of likely N-dealkylation sites (tertiary alicyclic amines) is 1. The Balaban J connectivity index is 1.51. The van der Waals surface area contributed by atoms with Gasteiger partial charge in [-0.3, -0.25) is 4.79 Å². The van der Waals surface area contributed by atoms with Gasteiger partial charge in [0, 0.05) is 19.3 Å². The Morgan fingerprint density at radius 3 is 2.67 bits per heavy atom. The zero-order valence-electron chi connectivity index (χ0n) is 20.7. The van der Waals surface area contributed by atoms with Crippen LogP contribution in [0.4, 0.5) is 17.3 Å². The van der Waals surface area contributed by atoms with Crippen molar-refractivity contribution in [3.63, 3.8) is 0 Å². The summed E-state index contributed by atoms with van der Waals surface area (Å²) in [6.07, 6.45) is 2.32. The zero-order chi connectivity index (χ0) is 25.4. The first kappa shape index (κ1) is 23.8. The van der Waals surface area contributed by atoms with E-state index in [1.807, 2.05) is 7.05 Å². The highest BCUT2D eigenvalue weighted by Crippen LogP contribution is 2.24. The minimum absolute atomic E-state index is 0.229. The van der Waals surface area contributed by atoms with E-state index in [-0.39, 0.29) is 11.0 Å². The van der Waals surface area contributed by atoms with Crippen LogP contribution in [0.1, 0.15) is 24.3 Å². The van der Waals surface area contributed by atoms with E-state index in [2.05, 4.69) is 47.6 Å². The Hall–Kier alpha value is -3.90. The lowest BCUT2D eigenvalue weighted by atomic mass is 10.0. The monoisotopic (exact) mass is 491 g/mol. The van der Waals surface area contributed by atoms with Gasteiger partial charge >= 0.3 is 0 Å². The number of rotatable bonds is 6. The van der Waals surface area contributed by atoms with Gasteiger partial charge in [0.1, 0.15) is 22.3 Å². The molecular formula is C24H29N9O3. The molecule has 4 heterocycles. The minimum atomic E-state index is -1.18. The summed E-state index contributed by atoms with van der Waals surface area (Å²) in [5, 5.41) is 20.7. The Morgan fingerprint density at radius 1 is 1.17 bits per heavy atom. The molecule has 0 radical (unpaired) electrons. The third kappa shape index (κ3) is 4.64. The lowest BCUT2D eigenvalue weighted by Gasteiger charge is -2.35. The molecule has 1 unspecified atom stereocenters. The van der Waals surface area contributed by atoms with Crippen molar-refractivity contribution in [2.45, 2.75) is 39.1 Å². The van der Waals surface area contributed by atoms with Crippen LogP contribution in [0.3, 0.4) is 0 Å². The maximum absolute atomic E-state index is 12.9. The van der Waals surface area contributed by atoms with Crippen LogP contribution in [-0.4, -0.2) is 74.7 Å². The molecule has 1 aromatic carbocycles. The topological polar surface area (TPSA) is 145 Å². The number of anilines is 3. The Kier molecular flexibility index (Phi) is 6.37. The van der Waals surface area contributed by atoms with Crippen molar-refractivity contribution in [3.05, 3.63) is 46.2 Å². The average molecular weight is 492 g/mol. The molecule has 0 aliphatic carbocycles. The first-order valence-corrected chi connectivity index (χ1v) is 11.8. The van der Waals surface area contributed by atoms with Crippen molar-refractivity contribution in [2.75, 3.05) is 42.7 Å². The summed E-state index contributed by atoms with van der Waals surface area (Å²) >= 11 is 0. The second-order valence-corrected chi connectivity index (χ2v) is 9.15. The highest BCUT2D eigenvalue weighted by molar-refractivity contribution is 5.90. The number of hydrogen-bond donors (Lipinski definition) is 3. The van der Waals surface area contributed by atoms with E-state index in [1.54, 1.807) is 32.0 Å². The van der Waals surface area contributed by atoms with Gasteiger partial charge in [-0.05, 0) is 59.0 Å². The van der Waals surface area contributed by atoms with Gasteiger partial charge in [-0.15, -0.1) is 0 Å². The van der Waals surface area contributed by atoms with Crippen LogP contribution in [0.25, 0.3) is 22.1 Å². The van der Waals surface area contributed by atoms with Crippen LogP contribution < -0.4 is 21.1 Å². The van der Waals surface area contributed by atoms with E-state index in [9.17, 15) is 9.90 Å². The van der Waals surface area contributed by atoms with Crippen LogP contribution in [0.5, 0.6) is 0 Å². The van der Waals surface area contributed by atoms with Gasteiger partial charge in [0.2, 0.25) is 12.3 Å². The molecular weight excluding hydrogens is 462 g/mol. The van der Waals surface area contributed by atoms with Crippen molar-refractivity contribution in [1.82, 2.24) is 30.0 Å². The van der Waals surface area contributed by atoms with Crippen molar-refractivity contribution in [1.29, 1.82) is 0 Å². The van der Waals surface area contributed by atoms with Crippen molar-refractivity contribution >= 4 is 39.4 Å². The molecule has 5 rings (SSSR count). The number of aliphatic hydroxyl groups is 1. The molecule has 1 aliphatic heterocycles. The van der Waals surface area contributed by atoms with E-state index < -0.39 is 11.9 Å². The molecule has 0 amide bonds. The minimum Gasteiger partial charge on any atom is -0.359 e. The number of para-hydroxylation sites is 1. The quantitative estimate of drug-likeness (QED) is 0.338. The molecule has 1 atom stereocenters. The van der Waals surface area contributed by atoms with Crippen molar-refractivity contribution in [2.24, 2.45) is 0 Å². The number of nitrogens with one attached hydrogen (secondary N) is 2. The summed E-state index contributed by atoms with van der Waals surface area (Å²) in [4.78, 5) is 35.3. The maximum atomic E-state index is 12.9. The Bertz CT molecular complexity index is 1450. The van der Waals surface area contributed by atoms with E-state index in [4.69, 9.17) is 9.51 Å². The van der Waals surface area contributed by atoms with Crippen LogP contribution in [-0.2, 0) is 0 Å². The first-order valence-electron chi connectivity index (χ1n) is 11.8. The predicted molar refractivity (Wildman–Crippen MR) is 137 cm³/mol. The van der Waals surface area contributed by atoms with Gasteiger partial charge < -0.3 is 30.1 Å². The fourth-order valence-electron chi connectivity index (χ4n) is 4.46. The van der Waals surface area contributed by atoms with E-state index in [0.29, 0.717) is 45.9 Å². The van der Waals surface area contributed by atoms with Crippen LogP contribution in [0.2, 0.25) is 0 Å². The first-order chi connectivity index (χ1) is 17.3. The Morgan fingerprint density at radius 2 is 1.94 bits per heavy atom. The number of aryl methyl sites for hydroxylation is 2. The molecule has 0 spiro atoms. The summed E-state index contributed by atoms with van der Waals surface area (Å²) in [6, 6.07) is 5.48. The number of aliphatic hydroxyl groups excluding tert-OH is 1. The van der Waals surface area contributed by atoms with Gasteiger partial charge in [-0.1, -0.05) is 11.2 Å². The fourth-order valence-corrected chi connectivity index (χ4v) is 4.46. The molecule has 3 N–H and O–H groups in total. The largest absolute Gasteiger partial charge is 0.359 e. The molecule has 3 aromatic heterocycles. The van der Waals surface area contributed by atoms with Gasteiger partial charge in [0.25, 0.3) is 5.56 Å². The van der Waals surface area contributed by atoms with E-state index in [0.717, 1.165) is 25.9 Å². The molecule has 4 aromatic rings. The molecule has 36 heavy (non-hydrogen) atoms. The average Bonchev–Trinajstić information content (AvgIpc) is 3.09. The van der Waals surface area contributed by atoms with Crippen molar-refractivity contribution in [3.8, 4) is 0 Å². The van der Waals surface area contributed by atoms with Crippen molar-refractivity contribution < 1.29 is 9.63 Å². The number of piperidine rings is 1. The lowest BCUT2D eigenvalue weighted by molar-refractivity contribution is 0.232. The third-order valence-corrected chi connectivity index (χ3v) is 6.60. The number of aromatic nitrogens is 5. The summed E-state index contributed by atoms with van der Waals surface area (Å²) in [5.74, 6) is 1.06. The van der Waals surface area contributed by atoms with Gasteiger partial charge in [0.15, 0.2) is 11.4 Å². The van der Waals surface area contributed by atoms with Crippen LogP contribution >= 0.6 is 0 Å². The standard InChI is InChI=1S/C24H29N9O3/c1-13-19(14(2)36-31-13)29-24(35)27-18-7-5-6-17-20(18)28-21-16(22(34)26-17)12-25-23(30-21)33(4)15-8-10-32(3)11-9-15/h5-7,12,15,24,27,29,35H,8-11H2,1-4H3. The second-order valence-electron chi connectivity index (χ2n) is 9.15. The number of benzene rings is 1. The van der Waals surface area contributed by atoms with Gasteiger partial charge in [-0.2, -0.15) is 4.98 Å². The maximum Gasteiger partial charge on any atom is 0.283 e. The lowest BCUT2D eigenvalue weighted by Crippen LogP contribution is -2.42. The summed E-state index contributed by atoms with van der Waals surface area (Å²) < 4.78 is 5.14. The zero-order valence-corrected chi connectivity index (χ0v) is 20.7. The smallest absolute Gasteiger partial charge is 0.283 e. The third-order valence-electron chi connectivity index (χ3n) is 6.60. The summed E-state index contributed by atoms with van der Waals surface area (Å²) in [7, 11) is 4.09. The molecule has 188 valence electrons. The van der Waals surface area contributed by atoms with E-state index >= 15 is 0 Å². The molecule has 1 fully saturated rings. The summed E-state index contributed by atoms with van der Waals surface area (Å²) in [5.41, 5.74) is 2.24. The highest BCUT2D eigenvalue weighted by atomic mass is 16.5. The molecule has 1 aliphatic rings. The normalized spacial score (nSPS) is 15.8. The second kappa shape index (κ2) is 9.63. The van der Waals surface area contributed by atoms with Gasteiger partial charge in [-0.25, -0.2) is 15.0 Å². The molecule has 12 heteroatoms. The van der Waals surface area contributed by atoms with Crippen LogP contribution in [0, 0.1) is 13.8 Å². The predicted octanol–water partition coefficient (Wildman–Crippen LogP) is 1.87. The SMILES string of the molecule is Cc1noc(C)c1NC(O)Nc1cccc2nc(=O)c3cnc(N(C)C4CCN(C)CC4)nc3nc12.